The molecule has 0 saturated heterocycles. The SMILES string of the molecule is c1ccc(-c2ccccc2N(c2ccc(-c3cccc(-c4cccc5ccccc45)c3)cc2)c2ccc(-c3ccc4sc5ccccc5c4c3)cc2)cc1. The summed E-state index contributed by atoms with van der Waals surface area (Å²) in [5.41, 5.74) is 13.0. The van der Waals surface area contributed by atoms with Crippen LogP contribution in [0.1, 0.15) is 0 Å². The molecule has 0 fully saturated rings. The van der Waals surface area contributed by atoms with Gasteiger partial charge in [0.25, 0.3) is 0 Å². The van der Waals surface area contributed by atoms with Gasteiger partial charge >= 0.3 is 0 Å². The van der Waals surface area contributed by atoms with E-state index in [-0.39, 0.29) is 0 Å². The predicted octanol–water partition coefficient (Wildman–Crippen LogP) is 15.3. The molecule has 0 saturated carbocycles. The Balaban J connectivity index is 1.04. The van der Waals surface area contributed by atoms with E-state index in [1.165, 1.54) is 75.5 Å². The fourth-order valence-electron chi connectivity index (χ4n) is 7.81. The third-order valence-electron chi connectivity index (χ3n) is 10.5. The van der Waals surface area contributed by atoms with Crippen molar-refractivity contribution >= 4 is 59.3 Å². The molecule has 0 bridgehead atoms. The van der Waals surface area contributed by atoms with E-state index in [0.717, 1.165) is 17.1 Å². The number of hydrogen-bond acceptors (Lipinski definition) is 2. The molecule has 0 atom stereocenters. The van der Waals surface area contributed by atoms with Crippen LogP contribution in [0.2, 0.25) is 0 Å². The molecule has 9 aromatic carbocycles. The lowest BCUT2D eigenvalue weighted by molar-refractivity contribution is 1.28. The van der Waals surface area contributed by atoms with Crippen LogP contribution in [0.4, 0.5) is 17.1 Å². The van der Waals surface area contributed by atoms with Crippen LogP contribution in [0.5, 0.6) is 0 Å². The summed E-state index contributed by atoms with van der Waals surface area (Å²) in [7, 11) is 0. The maximum absolute atomic E-state index is 2.39. The molecule has 0 amide bonds. The Morgan fingerprint density at radius 2 is 0.833 bits per heavy atom. The van der Waals surface area contributed by atoms with Crippen LogP contribution >= 0.6 is 11.3 Å². The van der Waals surface area contributed by atoms with E-state index >= 15 is 0 Å². The number of hydrogen-bond donors (Lipinski definition) is 0. The number of thiophene rings is 1. The molecule has 2 heteroatoms. The maximum atomic E-state index is 2.39. The fourth-order valence-corrected chi connectivity index (χ4v) is 8.90. The van der Waals surface area contributed by atoms with Crippen molar-refractivity contribution < 1.29 is 0 Å². The highest BCUT2D eigenvalue weighted by Gasteiger charge is 2.18. The van der Waals surface area contributed by atoms with Gasteiger partial charge in [-0.2, -0.15) is 0 Å². The molecule has 10 aromatic rings. The number of benzene rings is 9. The Labute approximate surface area is 319 Å². The van der Waals surface area contributed by atoms with Gasteiger partial charge in [-0.05, 0) is 104 Å². The van der Waals surface area contributed by atoms with Crippen LogP contribution in [0, 0.1) is 0 Å². The summed E-state index contributed by atoms with van der Waals surface area (Å²) in [4.78, 5) is 2.39. The van der Waals surface area contributed by atoms with Crippen molar-refractivity contribution in [3.05, 3.63) is 212 Å². The molecule has 1 nitrogen and oxygen atoms in total. The Kier molecular flexibility index (Phi) is 8.09. The Hall–Kier alpha value is -6.74. The monoisotopic (exact) mass is 705 g/mol. The van der Waals surface area contributed by atoms with E-state index in [9.17, 15) is 0 Å². The van der Waals surface area contributed by atoms with Crippen LogP contribution in [0.3, 0.4) is 0 Å². The fraction of sp³-hybridized carbons (Fsp3) is 0. The summed E-state index contributed by atoms with van der Waals surface area (Å²) in [6, 6.07) is 77.1. The van der Waals surface area contributed by atoms with Gasteiger partial charge in [0.2, 0.25) is 0 Å². The molecular weight excluding hydrogens is 671 g/mol. The number of fused-ring (bicyclic) bond motifs is 4. The van der Waals surface area contributed by atoms with Crippen LogP contribution < -0.4 is 4.90 Å². The molecule has 10 rings (SSSR count). The molecule has 0 unspecified atom stereocenters. The zero-order valence-electron chi connectivity index (χ0n) is 29.6. The lowest BCUT2D eigenvalue weighted by Gasteiger charge is -2.28. The van der Waals surface area contributed by atoms with Crippen molar-refractivity contribution in [2.24, 2.45) is 0 Å². The number of anilines is 3. The van der Waals surface area contributed by atoms with Crippen molar-refractivity contribution in [1.29, 1.82) is 0 Å². The van der Waals surface area contributed by atoms with Crippen LogP contribution in [0.25, 0.3) is 75.5 Å². The van der Waals surface area contributed by atoms with E-state index in [4.69, 9.17) is 0 Å². The first-order valence-electron chi connectivity index (χ1n) is 18.4. The second kappa shape index (κ2) is 13.7. The summed E-state index contributed by atoms with van der Waals surface area (Å²) < 4.78 is 2.65. The summed E-state index contributed by atoms with van der Waals surface area (Å²) in [5.74, 6) is 0. The zero-order valence-corrected chi connectivity index (χ0v) is 30.4. The number of para-hydroxylation sites is 1. The Bertz CT molecular complexity index is 2920. The topological polar surface area (TPSA) is 3.24 Å². The van der Waals surface area contributed by atoms with Crippen molar-refractivity contribution in [1.82, 2.24) is 0 Å². The van der Waals surface area contributed by atoms with Gasteiger partial charge in [0.1, 0.15) is 0 Å². The molecule has 0 aliphatic rings. The molecule has 0 radical (unpaired) electrons. The van der Waals surface area contributed by atoms with Crippen molar-refractivity contribution in [2.45, 2.75) is 0 Å². The summed E-state index contributed by atoms with van der Waals surface area (Å²) in [5, 5.41) is 5.17. The summed E-state index contributed by atoms with van der Waals surface area (Å²) in [6.07, 6.45) is 0. The van der Waals surface area contributed by atoms with Gasteiger partial charge < -0.3 is 4.90 Å². The van der Waals surface area contributed by atoms with E-state index in [2.05, 4.69) is 217 Å². The van der Waals surface area contributed by atoms with Crippen molar-refractivity contribution in [3.8, 4) is 44.5 Å². The van der Waals surface area contributed by atoms with Gasteiger partial charge in [-0.3, -0.25) is 0 Å². The molecular formula is C52H35NS. The van der Waals surface area contributed by atoms with Gasteiger partial charge in [-0.15, -0.1) is 11.3 Å². The van der Waals surface area contributed by atoms with Crippen LogP contribution in [-0.2, 0) is 0 Å². The minimum Gasteiger partial charge on any atom is -0.310 e. The lowest BCUT2D eigenvalue weighted by atomic mass is 9.95. The van der Waals surface area contributed by atoms with Crippen LogP contribution in [0.15, 0.2) is 212 Å². The third kappa shape index (κ3) is 5.84. The average Bonchev–Trinajstić information content (AvgIpc) is 3.63. The lowest BCUT2D eigenvalue weighted by Crippen LogP contribution is -2.11. The standard InChI is InChI=1S/C52H35NS/c1-2-12-39(13-3-1)47-19-6-8-22-50(47)53(44-31-26-37(27-32-44)41-28-33-52-49(35-41)48-20-7-9-23-51(48)54-52)43-29-24-36(25-30-43)40-16-10-17-42(34-40)46-21-11-15-38-14-4-5-18-45(38)46/h1-35H. The van der Waals surface area contributed by atoms with E-state index in [0.29, 0.717) is 0 Å². The largest absolute Gasteiger partial charge is 0.310 e. The molecule has 1 aromatic heterocycles. The van der Waals surface area contributed by atoms with Gasteiger partial charge in [0.05, 0.1) is 5.69 Å². The highest BCUT2D eigenvalue weighted by Crippen LogP contribution is 2.43. The normalized spacial score (nSPS) is 11.3. The minimum atomic E-state index is 1.10. The maximum Gasteiger partial charge on any atom is 0.0540 e. The molecule has 0 aliphatic carbocycles. The Morgan fingerprint density at radius 1 is 0.296 bits per heavy atom. The van der Waals surface area contributed by atoms with Gasteiger partial charge in [-0.1, -0.05) is 158 Å². The van der Waals surface area contributed by atoms with Crippen molar-refractivity contribution in [2.75, 3.05) is 4.90 Å². The average molecular weight is 706 g/mol. The van der Waals surface area contributed by atoms with E-state index < -0.39 is 0 Å². The first-order chi connectivity index (χ1) is 26.8. The molecule has 1 heterocycles. The smallest absolute Gasteiger partial charge is 0.0540 e. The predicted molar refractivity (Wildman–Crippen MR) is 233 cm³/mol. The van der Waals surface area contributed by atoms with E-state index in [1.54, 1.807) is 0 Å². The first kappa shape index (κ1) is 32.0. The summed E-state index contributed by atoms with van der Waals surface area (Å²) >= 11 is 1.86. The molecule has 254 valence electrons. The number of rotatable bonds is 7. The highest BCUT2D eigenvalue weighted by molar-refractivity contribution is 7.25. The second-order valence-electron chi connectivity index (χ2n) is 13.7. The molecule has 0 spiro atoms. The van der Waals surface area contributed by atoms with Gasteiger partial charge in [-0.25, -0.2) is 0 Å². The second-order valence-corrected chi connectivity index (χ2v) is 14.8. The van der Waals surface area contributed by atoms with Gasteiger partial charge in [0.15, 0.2) is 0 Å². The zero-order chi connectivity index (χ0) is 35.8. The molecule has 0 aliphatic heterocycles. The van der Waals surface area contributed by atoms with E-state index in [1.807, 2.05) is 11.3 Å². The van der Waals surface area contributed by atoms with Crippen molar-refractivity contribution in [3.63, 3.8) is 0 Å². The Morgan fingerprint density at radius 3 is 1.63 bits per heavy atom. The highest BCUT2D eigenvalue weighted by atomic mass is 32.1. The minimum absolute atomic E-state index is 1.10. The molecule has 54 heavy (non-hydrogen) atoms. The quantitative estimate of drug-likeness (QED) is 0.160. The van der Waals surface area contributed by atoms with Crippen LogP contribution in [-0.4, -0.2) is 0 Å². The third-order valence-corrected chi connectivity index (χ3v) is 11.6. The number of nitrogens with zero attached hydrogens (tertiary/aromatic N) is 1. The van der Waals surface area contributed by atoms with Gasteiger partial charge in [0, 0.05) is 37.1 Å². The summed E-state index contributed by atoms with van der Waals surface area (Å²) in [6.45, 7) is 0. The molecule has 0 N–H and O–H groups in total. The first-order valence-corrected chi connectivity index (χ1v) is 19.2.